The van der Waals surface area contributed by atoms with Crippen molar-refractivity contribution in [1.29, 1.82) is 0 Å². The summed E-state index contributed by atoms with van der Waals surface area (Å²) < 4.78 is 94.3. The highest BCUT2D eigenvalue weighted by atomic mass is 32.2. The van der Waals surface area contributed by atoms with Gasteiger partial charge in [-0.15, -0.1) is 0 Å². The van der Waals surface area contributed by atoms with Gasteiger partial charge in [0.25, 0.3) is 40.1 Å². The summed E-state index contributed by atoms with van der Waals surface area (Å²) in [5.41, 5.74) is 5.03. The van der Waals surface area contributed by atoms with E-state index in [1.54, 1.807) is 19.6 Å². The molecule has 24 nitrogen and oxygen atoms in total. The Kier molecular flexibility index (Phi) is 15.5. The van der Waals surface area contributed by atoms with Crippen molar-refractivity contribution in [2.24, 2.45) is 22.7 Å². The fraction of sp³-hybridized carbons (Fsp3) is 0.619. The summed E-state index contributed by atoms with van der Waals surface area (Å²) >= 11 is 0. The molecule has 8 rings (SSSR count). The van der Waals surface area contributed by atoms with Crippen molar-refractivity contribution in [2.75, 3.05) is 25.0 Å². The molecule has 0 saturated heterocycles. The maximum Gasteiger partial charge on any atom is 0.250 e. The number of hydrogen-bond donors (Lipinski definition) is 0. The van der Waals surface area contributed by atoms with E-state index in [0.29, 0.717) is 75.1 Å². The molecule has 8 heterocycles. The van der Waals surface area contributed by atoms with E-state index in [0.717, 1.165) is 63.6 Å². The summed E-state index contributed by atoms with van der Waals surface area (Å²) in [5, 5.41) is 16.0. The highest BCUT2D eigenvalue weighted by Gasteiger charge is 2.36. The smallest absolute Gasteiger partial charge is 0.250 e. The Hall–Kier alpha value is -5.48. The summed E-state index contributed by atoms with van der Waals surface area (Å²) in [4.78, 5) is 54.5. The molecule has 70 heavy (non-hydrogen) atoms. The predicted octanol–water partition coefficient (Wildman–Crippen LogP) is 1.54. The van der Waals surface area contributed by atoms with Gasteiger partial charge in [-0.3, -0.25) is 19.2 Å². The Morgan fingerprint density at radius 1 is 0.400 bits per heavy atom. The first-order chi connectivity index (χ1) is 31.7. The van der Waals surface area contributed by atoms with Gasteiger partial charge in [0.2, 0.25) is 23.6 Å². The largest absolute Gasteiger partial charge is 0.332 e. The van der Waals surface area contributed by atoms with Gasteiger partial charge >= 0.3 is 0 Å². The van der Waals surface area contributed by atoms with Gasteiger partial charge in [0.1, 0.15) is 0 Å². The summed E-state index contributed by atoms with van der Waals surface area (Å²) in [6, 6.07) is 0. The molecule has 0 bridgehead atoms. The molecule has 4 aliphatic heterocycles. The molecule has 388 valence electrons. The molecule has 0 unspecified atom stereocenters. The zero-order valence-electron chi connectivity index (χ0n) is 42.0. The molecule has 0 saturated carbocycles. The topological polar surface area (TPSA) is 289 Å². The highest BCUT2D eigenvalue weighted by Crippen LogP contribution is 2.29. The van der Waals surface area contributed by atoms with Crippen LogP contribution < -0.4 is 0 Å². The lowest BCUT2D eigenvalue weighted by atomic mass is 9.95. The van der Waals surface area contributed by atoms with Crippen LogP contribution in [-0.4, -0.2) is 139 Å². The third-order valence-corrected chi connectivity index (χ3v) is 14.5. The van der Waals surface area contributed by atoms with Crippen LogP contribution in [0.1, 0.15) is 114 Å². The average Bonchev–Trinajstić information content (AvgIpc) is 4.04. The van der Waals surface area contributed by atoms with E-state index in [-0.39, 0.29) is 35.5 Å². The Morgan fingerprint density at radius 3 is 0.771 bits per heavy atom. The number of carbonyl (C=O) groups is 4. The van der Waals surface area contributed by atoms with E-state index in [1.165, 1.54) is 24.8 Å². The van der Waals surface area contributed by atoms with E-state index < -0.39 is 50.9 Å². The molecule has 0 atom stereocenters. The molecule has 0 fully saturated rings. The zero-order chi connectivity index (χ0) is 53.0. The number of rotatable bonds is 6. The highest BCUT2D eigenvalue weighted by molar-refractivity contribution is 7.89. The maximum atomic E-state index is 12.1. The van der Waals surface area contributed by atoms with Gasteiger partial charge in [0.05, 0.1) is 74.0 Å². The van der Waals surface area contributed by atoms with E-state index in [4.69, 9.17) is 0 Å². The van der Waals surface area contributed by atoms with Crippen LogP contribution in [0.5, 0.6) is 0 Å². The second kappa shape index (κ2) is 19.6. The van der Waals surface area contributed by atoms with Crippen molar-refractivity contribution in [3.8, 4) is 0 Å². The van der Waals surface area contributed by atoms with Gasteiger partial charge in [-0.25, -0.2) is 33.7 Å². The first-order valence-electron chi connectivity index (χ1n) is 22.0. The zero-order valence-corrected chi connectivity index (χ0v) is 45.3. The molecule has 0 N–H and O–H groups in total. The van der Waals surface area contributed by atoms with E-state index in [2.05, 4.69) is 20.4 Å². The minimum absolute atomic E-state index is 0.0476. The van der Waals surface area contributed by atoms with Gasteiger partial charge < -0.3 is 19.6 Å². The monoisotopic (exact) mass is 1060 g/mol. The van der Waals surface area contributed by atoms with Gasteiger partial charge in [0.15, 0.2) is 0 Å². The summed E-state index contributed by atoms with van der Waals surface area (Å²) in [6.45, 7) is 21.9. The quantitative estimate of drug-likeness (QED) is 0.265. The van der Waals surface area contributed by atoms with E-state index in [9.17, 15) is 52.8 Å². The fourth-order valence-corrected chi connectivity index (χ4v) is 9.73. The Balaban J connectivity index is 0.000000174. The number of amides is 4. The fourth-order valence-electron chi connectivity index (χ4n) is 7.47. The van der Waals surface area contributed by atoms with Crippen LogP contribution in [0, 0.1) is 22.7 Å². The number of aromatic nitrogens is 8. The van der Waals surface area contributed by atoms with Crippen molar-refractivity contribution in [1.82, 2.24) is 56.3 Å². The van der Waals surface area contributed by atoms with Crippen molar-refractivity contribution in [3.05, 3.63) is 69.8 Å². The molecule has 0 radical (unpaired) electrons. The molecule has 0 aliphatic carbocycles. The number of carbonyl (C=O) groups excluding carboxylic acids is 4. The SMILES string of the molecule is CC(C)(C)C(=O)N1Cc2cn(S(C)(=O)=O)nc2C1.CC(C)(C)C(=O)N1Cc2cn(S(C)(=O)=O)nc2C1.CC(C)C(=O)N1Cc2cn(S(C)(=O)=O)nc2C1.CC(C)C(=O)N1Cc2cn(S(C)(=O)=O)nc2C1. The predicted molar refractivity (Wildman–Crippen MR) is 255 cm³/mol. The number of nitrogens with zero attached hydrogens (tertiary/aromatic N) is 12. The molecule has 4 aromatic rings. The molecule has 4 amide bonds. The van der Waals surface area contributed by atoms with Crippen molar-refractivity contribution in [3.63, 3.8) is 0 Å². The average molecular weight is 1060 g/mol. The Labute approximate surface area is 410 Å². The van der Waals surface area contributed by atoms with Crippen LogP contribution >= 0.6 is 0 Å². The minimum atomic E-state index is -3.34. The summed E-state index contributed by atoms with van der Waals surface area (Å²) in [7, 11) is -13.4. The number of hydrogen-bond acceptors (Lipinski definition) is 16. The molecule has 28 heteroatoms. The van der Waals surface area contributed by atoms with Crippen molar-refractivity contribution < 1.29 is 52.8 Å². The third-order valence-electron chi connectivity index (χ3n) is 11.1. The van der Waals surface area contributed by atoms with Crippen LogP contribution in [0.3, 0.4) is 0 Å². The lowest BCUT2D eigenvalue weighted by Gasteiger charge is -2.25. The van der Waals surface area contributed by atoms with Crippen LogP contribution in [-0.2, 0) is 112 Å². The minimum Gasteiger partial charge on any atom is -0.332 e. The van der Waals surface area contributed by atoms with Gasteiger partial charge in [-0.1, -0.05) is 69.2 Å². The second-order valence-electron chi connectivity index (χ2n) is 20.5. The van der Waals surface area contributed by atoms with Crippen LogP contribution in [0.4, 0.5) is 0 Å². The van der Waals surface area contributed by atoms with Crippen LogP contribution in [0.15, 0.2) is 24.8 Å². The van der Waals surface area contributed by atoms with E-state index in [1.807, 2.05) is 69.2 Å². The normalized spacial score (nSPS) is 15.7. The Bertz CT molecular complexity index is 2850. The van der Waals surface area contributed by atoms with Crippen molar-refractivity contribution in [2.45, 2.75) is 122 Å². The Morgan fingerprint density at radius 2 is 0.600 bits per heavy atom. The molecular weight excluding hydrogens is 993 g/mol. The second-order valence-corrected chi connectivity index (χ2v) is 27.8. The van der Waals surface area contributed by atoms with Crippen LogP contribution in [0.25, 0.3) is 0 Å². The first-order valence-corrected chi connectivity index (χ1v) is 29.4. The summed E-state index contributed by atoms with van der Waals surface area (Å²) in [6.07, 6.45) is 10.4. The van der Waals surface area contributed by atoms with Crippen molar-refractivity contribution >= 4 is 63.7 Å². The molecule has 0 spiro atoms. The standard InChI is InChI=1S/2C11H17N3O3S.2C10H15N3O3S/c2*1-11(2,3)10(15)13-5-8-6-14(18(4,16)17)12-9(8)7-13;2*1-7(2)10(14)12-4-8-5-13(17(3,15)16)11-9(8)6-12/h2*6H,5,7H2,1-4H3;2*5,7H,4,6H2,1-3H3. The lowest BCUT2D eigenvalue weighted by Crippen LogP contribution is -2.36. The van der Waals surface area contributed by atoms with Crippen LogP contribution in [0.2, 0.25) is 0 Å². The van der Waals surface area contributed by atoms with E-state index >= 15 is 0 Å². The summed E-state index contributed by atoms with van der Waals surface area (Å²) in [5.74, 6) is 0.114. The third kappa shape index (κ3) is 13.1. The first kappa shape index (κ1) is 55.4. The van der Waals surface area contributed by atoms with Gasteiger partial charge in [-0.2, -0.15) is 36.7 Å². The molecule has 4 aliphatic rings. The molecule has 0 aromatic carbocycles. The number of fused-ring (bicyclic) bond motifs is 4. The van der Waals surface area contributed by atoms with Gasteiger partial charge in [0, 0.05) is 95.9 Å². The lowest BCUT2D eigenvalue weighted by molar-refractivity contribution is -0.140. The maximum absolute atomic E-state index is 12.1. The molecule has 4 aromatic heterocycles. The van der Waals surface area contributed by atoms with Gasteiger partial charge in [-0.05, 0) is 0 Å². The molecular formula is C42H64N12O12S4.